The number of anilines is 1. The van der Waals surface area contributed by atoms with E-state index in [-0.39, 0.29) is 5.75 Å². The van der Waals surface area contributed by atoms with Gasteiger partial charge in [-0.3, -0.25) is 0 Å². The molecule has 0 aliphatic heterocycles. The third-order valence-corrected chi connectivity index (χ3v) is 4.99. The molecule has 1 aromatic rings. The largest absolute Gasteiger partial charge is 0.371 e. The molecule has 0 saturated heterocycles. The van der Waals surface area contributed by atoms with Crippen LogP contribution in [0.5, 0.6) is 0 Å². The summed E-state index contributed by atoms with van der Waals surface area (Å²) in [6.45, 7) is 6.08. The highest BCUT2D eigenvalue weighted by molar-refractivity contribution is 7.91. The van der Waals surface area contributed by atoms with E-state index in [0.29, 0.717) is 17.9 Å². The molecule has 108 valence electrons. The van der Waals surface area contributed by atoms with E-state index < -0.39 is 9.84 Å². The van der Waals surface area contributed by atoms with Crippen molar-refractivity contribution < 1.29 is 8.42 Å². The van der Waals surface area contributed by atoms with Crippen LogP contribution in [-0.4, -0.2) is 33.8 Å². The fourth-order valence-electron chi connectivity index (χ4n) is 2.09. The van der Waals surface area contributed by atoms with Gasteiger partial charge in [-0.1, -0.05) is 19.1 Å². The van der Waals surface area contributed by atoms with Crippen molar-refractivity contribution in [2.24, 2.45) is 5.73 Å². The molecular formula is C14H24N2O2S. The van der Waals surface area contributed by atoms with Crippen LogP contribution in [-0.2, 0) is 9.84 Å². The number of nitrogens with zero attached hydrogens (tertiary/aromatic N) is 1. The lowest BCUT2D eigenvalue weighted by Gasteiger charge is -2.25. The first-order chi connectivity index (χ1) is 9.06. The molecule has 0 spiro atoms. The fourth-order valence-corrected chi connectivity index (χ4v) is 3.65. The summed E-state index contributed by atoms with van der Waals surface area (Å²) < 4.78 is 24.6. The summed E-state index contributed by atoms with van der Waals surface area (Å²) in [6.07, 6.45) is 1.49. The molecule has 0 atom stereocenters. The minimum absolute atomic E-state index is 0.193. The second-order valence-corrected chi connectivity index (χ2v) is 6.59. The van der Waals surface area contributed by atoms with E-state index in [1.54, 1.807) is 12.1 Å². The Bertz CT molecular complexity index is 486. The maximum atomic E-state index is 12.3. The Morgan fingerprint density at radius 2 is 1.89 bits per heavy atom. The summed E-state index contributed by atoms with van der Waals surface area (Å²) >= 11 is 0. The van der Waals surface area contributed by atoms with Gasteiger partial charge in [-0.15, -0.1) is 0 Å². The highest BCUT2D eigenvalue weighted by Crippen LogP contribution is 2.26. The topological polar surface area (TPSA) is 63.4 Å². The van der Waals surface area contributed by atoms with Crippen LogP contribution in [0, 0.1) is 0 Å². The molecule has 0 unspecified atom stereocenters. The van der Waals surface area contributed by atoms with Crippen molar-refractivity contribution in [3.8, 4) is 0 Å². The van der Waals surface area contributed by atoms with Crippen molar-refractivity contribution in [2.45, 2.75) is 31.6 Å². The molecule has 0 bridgehead atoms. The van der Waals surface area contributed by atoms with Crippen LogP contribution in [0.1, 0.15) is 26.7 Å². The van der Waals surface area contributed by atoms with Gasteiger partial charge in [0.05, 0.1) is 16.3 Å². The van der Waals surface area contributed by atoms with E-state index in [1.807, 2.05) is 26.0 Å². The van der Waals surface area contributed by atoms with Crippen LogP contribution in [0.4, 0.5) is 5.69 Å². The summed E-state index contributed by atoms with van der Waals surface area (Å²) in [6, 6.07) is 7.24. The molecule has 0 aliphatic rings. The first-order valence-electron chi connectivity index (χ1n) is 6.83. The summed E-state index contributed by atoms with van der Waals surface area (Å²) in [5, 5.41) is 0. The Morgan fingerprint density at radius 3 is 2.47 bits per heavy atom. The third kappa shape index (κ3) is 4.21. The van der Waals surface area contributed by atoms with Crippen molar-refractivity contribution in [3.63, 3.8) is 0 Å². The molecule has 0 heterocycles. The van der Waals surface area contributed by atoms with E-state index >= 15 is 0 Å². The van der Waals surface area contributed by atoms with Crippen molar-refractivity contribution >= 4 is 15.5 Å². The third-order valence-electron chi connectivity index (χ3n) is 3.03. The molecule has 5 heteroatoms. The lowest BCUT2D eigenvalue weighted by Crippen LogP contribution is -2.27. The van der Waals surface area contributed by atoms with Gasteiger partial charge in [0.25, 0.3) is 0 Å². The van der Waals surface area contributed by atoms with Gasteiger partial charge in [-0.25, -0.2) is 8.42 Å². The highest BCUT2D eigenvalue weighted by Gasteiger charge is 2.19. The number of sulfone groups is 1. The van der Waals surface area contributed by atoms with Crippen molar-refractivity contribution in [3.05, 3.63) is 24.3 Å². The summed E-state index contributed by atoms with van der Waals surface area (Å²) in [7, 11) is -3.19. The van der Waals surface area contributed by atoms with E-state index in [0.717, 1.165) is 25.2 Å². The number of nitrogens with two attached hydrogens (primary N) is 1. The molecule has 0 aliphatic carbocycles. The zero-order chi connectivity index (χ0) is 14.3. The van der Waals surface area contributed by atoms with Gasteiger partial charge < -0.3 is 10.6 Å². The number of benzene rings is 1. The molecule has 0 radical (unpaired) electrons. The van der Waals surface area contributed by atoms with Crippen LogP contribution >= 0.6 is 0 Å². The number of para-hydroxylation sites is 1. The minimum atomic E-state index is -3.19. The Morgan fingerprint density at radius 1 is 1.21 bits per heavy atom. The van der Waals surface area contributed by atoms with Crippen LogP contribution < -0.4 is 10.6 Å². The smallest absolute Gasteiger partial charge is 0.180 e. The molecule has 2 N–H and O–H groups in total. The predicted octanol–water partition coefficient (Wildman–Crippen LogP) is 2.05. The maximum Gasteiger partial charge on any atom is 0.180 e. The standard InChI is InChI=1S/C14H24N2O2S/c1-3-12-19(17,18)14-9-6-5-8-13(14)16(4-2)11-7-10-15/h5-6,8-9H,3-4,7,10-12,15H2,1-2H3. The quantitative estimate of drug-likeness (QED) is 0.793. The van der Waals surface area contributed by atoms with Crippen molar-refractivity contribution in [2.75, 3.05) is 30.3 Å². The summed E-state index contributed by atoms with van der Waals surface area (Å²) in [5.74, 6) is 0.193. The van der Waals surface area contributed by atoms with Crippen LogP contribution in [0.2, 0.25) is 0 Å². The Labute approximate surface area is 116 Å². The Kier molecular flexibility index (Phi) is 6.31. The first-order valence-corrected chi connectivity index (χ1v) is 8.48. The van der Waals surface area contributed by atoms with Gasteiger partial charge in [-0.05, 0) is 38.4 Å². The average Bonchev–Trinajstić information content (AvgIpc) is 2.40. The second-order valence-electron chi connectivity index (χ2n) is 4.51. The van der Waals surface area contributed by atoms with Crippen LogP contribution in [0.15, 0.2) is 29.2 Å². The zero-order valence-corrected chi connectivity index (χ0v) is 12.6. The molecule has 19 heavy (non-hydrogen) atoms. The second kappa shape index (κ2) is 7.50. The molecular weight excluding hydrogens is 260 g/mol. The van der Waals surface area contributed by atoms with Gasteiger partial charge >= 0.3 is 0 Å². The predicted molar refractivity (Wildman–Crippen MR) is 80.3 cm³/mol. The molecule has 1 aromatic carbocycles. The Hall–Kier alpha value is -1.07. The van der Waals surface area contributed by atoms with Gasteiger partial charge in [0, 0.05) is 13.1 Å². The maximum absolute atomic E-state index is 12.3. The number of hydrogen-bond donors (Lipinski definition) is 1. The SMILES string of the molecule is CCCS(=O)(=O)c1ccccc1N(CC)CCCN. The molecule has 0 saturated carbocycles. The van der Waals surface area contributed by atoms with E-state index in [9.17, 15) is 8.42 Å². The van der Waals surface area contributed by atoms with Gasteiger partial charge in [-0.2, -0.15) is 0 Å². The Balaban J connectivity index is 3.13. The number of rotatable bonds is 8. The molecule has 0 fully saturated rings. The van der Waals surface area contributed by atoms with E-state index in [2.05, 4.69) is 4.90 Å². The van der Waals surface area contributed by atoms with Gasteiger partial charge in [0.2, 0.25) is 0 Å². The average molecular weight is 284 g/mol. The first kappa shape index (κ1) is 16.0. The van der Waals surface area contributed by atoms with Gasteiger partial charge in [0.1, 0.15) is 0 Å². The van der Waals surface area contributed by atoms with Crippen molar-refractivity contribution in [1.29, 1.82) is 0 Å². The fraction of sp³-hybridized carbons (Fsp3) is 0.571. The van der Waals surface area contributed by atoms with E-state index in [1.165, 1.54) is 0 Å². The molecule has 4 nitrogen and oxygen atoms in total. The van der Waals surface area contributed by atoms with E-state index in [4.69, 9.17) is 5.73 Å². The normalized spacial score (nSPS) is 11.5. The molecule has 0 amide bonds. The summed E-state index contributed by atoms with van der Waals surface area (Å²) in [4.78, 5) is 2.52. The lowest BCUT2D eigenvalue weighted by molar-refractivity contribution is 0.594. The minimum Gasteiger partial charge on any atom is -0.371 e. The zero-order valence-electron chi connectivity index (χ0n) is 11.8. The van der Waals surface area contributed by atoms with Crippen LogP contribution in [0.25, 0.3) is 0 Å². The lowest BCUT2D eigenvalue weighted by atomic mass is 10.2. The van der Waals surface area contributed by atoms with Gasteiger partial charge in [0.15, 0.2) is 9.84 Å². The van der Waals surface area contributed by atoms with Crippen LogP contribution in [0.3, 0.4) is 0 Å². The highest BCUT2D eigenvalue weighted by atomic mass is 32.2. The monoisotopic (exact) mass is 284 g/mol. The number of hydrogen-bond acceptors (Lipinski definition) is 4. The molecule has 1 rings (SSSR count). The summed E-state index contributed by atoms with van der Waals surface area (Å²) in [5.41, 5.74) is 6.33. The van der Waals surface area contributed by atoms with Crippen molar-refractivity contribution in [1.82, 2.24) is 0 Å². The molecule has 0 aromatic heterocycles.